The lowest BCUT2D eigenvalue weighted by atomic mass is 9.76. The number of pyridine rings is 1. The summed E-state index contributed by atoms with van der Waals surface area (Å²) in [7, 11) is 0. The summed E-state index contributed by atoms with van der Waals surface area (Å²) in [4.78, 5) is 3.52. The van der Waals surface area contributed by atoms with Gasteiger partial charge in [-0.1, -0.05) is 31.9 Å². The molecule has 26 heavy (non-hydrogen) atoms. The third-order valence-electron chi connectivity index (χ3n) is 5.38. The molecule has 0 amide bonds. The van der Waals surface area contributed by atoms with E-state index in [4.69, 9.17) is 4.74 Å². The van der Waals surface area contributed by atoms with Crippen LogP contribution in [0.1, 0.15) is 74.8 Å². The Labute approximate surface area is 154 Å². The summed E-state index contributed by atoms with van der Waals surface area (Å²) in [5, 5.41) is 0. The molecule has 0 N–H and O–H groups in total. The SMILES string of the molecule is CCCCCOc1ccc(C2CCC(c3cnc(F)c(F)c3)CC2)cc1. The largest absolute Gasteiger partial charge is 0.494 e. The molecule has 1 aromatic heterocycles. The van der Waals surface area contributed by atoms with Crippen molar-refractivity contribution in [2.45, 2.75) is 63.7 Å². The van der Waals surface area contributed by atoms with Crippen LogP contribution in [0, 0.1) is 11.8 Å². The summed E-state index contributed by atoms with van der Waals surface area (Å²) in [5.74, 6) is -0.126. The average molecular weight is 359 g/mol. The first kappa shape index (κ1) is 18.8. The Bertz CT molecular complexity index is 694. The van der Waals surface area contributed by atoms with Crippen molar-refractivity contribution in [1.29, 1.82) is 0 Å². The second-order valence-corrected chi connectivity index (χ2v) is 7.21. The molecule has 1 heterocycles. The van der Waals surface area contributed by atoms with Crippen molar-refractivity contribution in [3.05, 3.63) is 59.4 Å². The quantitative estimate of drug-likeness (QED) is 0.423. The maximum Gasteiger partial charge on any atom is 0.248 e. The van der Waals surface area contributed by atoms with Crippen LogP contribution in [0.15, 0.2) is 36.5 Å². The van der Waals surface area contributed by atoms with Crippen LogP contribution < -0.4 is 4.74 Å². The topological polar surface area (TPSA) is 22.1 Å². The lowest BCUT2D eigenvalue weighted by Crippen LogP contribution is -2.13. The zero-order chi connectivity index (χ0) is 18.4. The van der Waals surface area contributed by atoms with Gasteiger partial charge in [0.2, 0.25) is 5.95 Å². The molecule has 1 saturated carbocycles. The molecule has 140 valence electrons. The zero-order valence-corrected chi connectivity index (χ0v) is 15.4. The van der Waals surface area contributed by atoms with Crippen molar-refractivity contribution in [1.82, 2.24) is 4.98 Å². The highest BCUT2D eigenvalue weighted by Gasteiger charge is 2.24. The molecular weight excluding hydrogens is 332 g/mol. The van der Waals surface area contributed by atoms with Gasteiger partial charge in [-0.3, -0.25) is 0 Å². The summed E-state index contributed by atoms with van der Waals surface area (Å²) in [6.07, 6.45) is 9.05. The molecule has 2 aromatic rings. The predicted octanol–water partition coefficient (Wildman–Crippen LogP) is 6.37. The van der Waals surface area contributed by atoms with Crippen LogP contribution in [0.25, 0.3) is 0 Å². The fraction of sp³-hybridized carbons (Fsp3) is 0.500. The minimum atomic E-state index is -1.01. The van der Waals surface area contributed by atoms with Crippen LogP contribution >= 0.6 is 0 Å². The third kappa shape index (κ3) is 4.80. The van der Waals surface area contributed by atoms with Gasteiger partial charge in [0.25, 0.3) is 0 Å². The zero-order valence-electron chi connectivity index (χ0n) is 15.4. The number of benzene rings is 1. The minimum Gasteiger partial charge on any atom is -0.494 e. The van der Waals surface area contributed by atoms with Crippen LogP contribution in [0.4, 0.5) is 8.78 Å². The van der Waals surface area contributed by atoms with Gasteiger partial charge >= 0.3 is 0 Å². The van der Waals surface area contributed by atoms with Crippen LogP contribution in [0.2, 0.25) is 0 Å². The van der Waals surface area contributed by atoms with E-state index in [1.165, 1.54) is 30.7 Å². The first-order chi connectivity index (χ1) is 12.7. The van der Waals surface area contributed by atoms with Crippen molar-refractivity contribution >= 4 is 0 Å². The van der Waals surface area contributed by atoms with Gasteiger partial charge in [-0.15, -0.1) is 0 Å². The van der Waals surface area contributed by atoms with Gasteiger partial charge in [-0.05, 0) is 73.3 Å². The van der Waals surface area contributed by atoms with Crippen LogP contribution in [-0.4, -0.2) is 11.6 Å². The Hall–Kier alpha value is -1.97. The number of halogens is 2. The van der Waals surface area contributed by atoms with E-state index >= 15 is 0 Å². The van der Waals surface area contributed by atoms with Gasteiger partial charge in [0.05, 0.1) is 6.61 Å². The lowest BCUT2D eigenvalue weighted by Gasteiger charge is -2.29. The summed E-state index contributed by atoms with van der Waals surface area (Å²) in [5.41, 5.74) is 2.16. The molecule has 0 unspecified atom stereocenters. The number of aromatic nitrogens is 1. The Balaban J connectivity index is 1.52. The van der Waals surface area contributed by atoms with Gasteiger partial charge in [0, 0.05) is 6.20 Å². The van der Waals surface area contributed by atoms with Gasteiger partial charge in [0.1, 0.15) is 5.75 Å². The smallest absolute Gasteiger partial charge is 0.248 e. The predicted molar refractivity (Wildman–Crippen MR) is 99.6 cm³/mol. The number of rotatable bonds is 7. The van der Waals surface area contributed by atoms with E-state index in [9.17, 15) is 8.78 Å². The maximum absolute atomic E-state index is 13.4. The Kier molecular flexibility index (Phi) is 6.59. The van der Waals surface area contributed by atoms with Crippen molar-refractivity contribution in [2.75, 3.05) is 6.61 Å². The number of hydrogen-bond acceptors (Lipinski definition) is 2. The summed E-state index contributed by atoms with van der Waals surface area (Å²) in [6.45, 7) is 2.97. The Morgan fingerprint density at radius 2 is 1.62 bits per heavy atom. The van der Waals surface area contributed by atoms with Crippen LogP contribution in [0.3, 0.4) is 0 Å². The molecule has 1 aliphatic carbocycles. The number of hydrogen-bond donors (Lipinski definition) is 0. The van der Waals surface area contributed by atoms with Crippen molar-refractivity contribution in [2.24, 2.45) is 0 Å². The standard InChI is InChI=1S/C22H27F2NO/c1-2-3-4-13-26-20-11-9-17(10-12-20)16-5-7-18(8-6-16)19-14-21(23)22(24)25-15-19/h9-12,14-16,18H,2-8,13H2,1H3. The maximum atomic E-state index is 13.4. The highest BCUT2D eigenvalue weighted by atomic mass is 19.2. The minimum absolute atomic E-state index is 0.273. The molecule has 0 spiro atoms. The molecule has 1 aromatic carbocycles. The van der Waals surface area contributed by atoms with Crippen LogP contribution in [-0.2, 0) is 0 Å². The second kappa shape index (κ2) is 9.11. The Morgan fingerprint density at radius 3 is 2.23 bits per heavy atom. The number of unbranched alkanes of at least 4 members (excludes halogenated alkanes) is 2. The molecule has 0 radical (unpaired) electrons. The number of ether oxygens (including phenoxy) is 1. The molecular formula is C22H27F2NO. The lowest BCUT2D eigenvalue weighted by molar-refractivity contribution is 0.306. The molecule has 0 bridgehead atoms. The fourth-order valence-corrected chi connectivity index (χ4v) is 3.80. The van der Waals surface area contributed by atoms with E-state index in [2.05, 4.69) is 36.2 Å². The molecule has 0 aliphatic heterocycles. The van der Waals surface area contributed by atoms with E-state index < -0.39 is 11.8 Å². The first-order valence-corrected chi connectivity index (χ1v) is 9.71. The summed E-state index contributed by atoms with van der Waals surface area (Å²) in [6, 6.07) is 9.76. The molecule has 0 atom stereocenters. The molecule has 1 aliphatic rings. The average Bonchev–Trinajstić information content (AvgIpc) is 2.68. The third-order valence-corrected chi connectivity index (χ3v) is 5.38. The molecule has 4 heteroatoms. The van der Waals surface area contributed by atoms with Crippen molar-refractivity contribution < 1.29 is 13.5 Å². The first-order valence-electron chi connectivity index (χ1n) is 9.71. The molecule has 3 rings (SSSR count). The highest BCUT2D eigenvalue weighted by Crippen LogP contribution is 2.40. The van der Waals surface area contributed by atoms with Crippen LogP contribution in [0.5, 0.6) is 5.75 Å². The van der Waals surface area contributed by atoms with E-state index in [0.717, 1.165) is 50.0 Å². The summed E-state index contributed by atoms with van der Waals surface area (Å²) >= 11 is 0. The van der Waals surface area contributed by atoms with Gasteiger partial charge in [-0.2, -0.15) is 4.39 Å². The Morgan fingerprint density at radius 1 is 0.962 bits per heavy atom. The van der Waals surface area contributed by atoms with E-state index in [1.54, 1.807) is 0 Å². The normalized spacial score (nSPS) is 20.1. The van der Waals surface area contributed by atoms with E-state index in [-0.39, 0.29) is 5.92 Å². The second-order valence-electron chi connectivity index (χ2n) is 7.21. The van der Waals surface area contributed by atoms with E-state index in [1.807, 2.05) is 0 Å². The summed E-state index contributed by atoms with van der Waals surface area (Å²) < 4.78 is 32.2. The fourth-order valence-electron chi connectivity index (χ4n) is 3.80. The van der Waals surface area contributed by atoms with Gasteiger partial charge in [0.15, 0.2) is 5.82 Å². The highest BCUT2D eigenvalue weighted by molar-refractivity contribution is 5.30. The van der Waals surface area contributed by atoms with Crippen molar-refractivity contribution in [3.8, 4) is 5.75 Å². The molecule has 0 saturated heterocycles. The van der Waals surface area contributed by atoms with E-state index in [0.29, 0.717) is 5.92 Å². The number of nitrogens with zero attached hydrogens (tertiary/aromatic N) is 1. The van der Waals surface area contributed by atoms with Gasteiger partial charge < -0.3 is 4.74 Å². The van der Waals surface area contributed by atoms with Gasteiger partial charge in [-0.25, -0.2) is 9.37 Å². The monoisotopic (exact) mass is 359 g/mol. The molecule has 2 nitrogen and oxygen atoms in total. The molecule has 1 fully saturated rings. The van der Waals surface area contributed by atoms with Crippen molar-refractivity contribution in [3.63, 3.8) is 0 Å².